The number of rotatable bonds is 6. The first-order valence-corrected chi connectivity index (χ1v) is 6.52. The zero-order valence-corrected chi connectivity index (χ0v) is 11.1. The Hall–Kier alpha value is -1.26. The van der Waals surface area contributed by atoms with Crippen molar-refractivity contribution in [3.8, 4) is 11.5 Å². The number of nitrogens with one attached hydrogen (secondary N) is 1. The van der Waals surface area contributed by atoms with E-state index in [0.717, 1.165) is 18.2 Å². The molecule has 4 nitrogen and oxygen atoms in total. The minimum Gasteiger partial charge on any atom is -0.504 e. The highest BCUT2D eigenvalue weighted by Crippen LogP contribution is 2.28. The summed E-state index contributed by atoms with van der Waals surface area (Å²) in [5.74, 6) is -0.0781. The molecular formula is C14H22N2O2. The van der Waals surface area contributed by atoms with Gasteiger partial charge in [-0.3, -0.25) is 4.90 Å². The van der Waals surface area contributed by atoms with E-state index >= 15 is 0 Å². The second-order valence-electron chi connectivity index (χ2n) is 5.16. The average Bonchev–Trinajstić information content (AvgIpc) is 3.17. The molecule has 3 N–H and O–H groups in total. The average molecular weight is 250 g/mol. The first kappa shape index (κ1) is 13.2. The summed E-state index contributed by atoms with van der Waals surface area (Å²) in [6.45, 7) is 3.65. The monoisotopic (exact) mass is 250 g/mol. The van der Waals surface area contributed by atoms with Crippen LogP contribution in [-0.2, 0) is 6.54 Å². The highest BCUT2D eigenvalue weighted by atomic mass is 16.3. The molecule has 1 atom stereocenters. The lowest BCUT2D eigenvalue weighted by Gasteiger charge is -2.24. The molecule has 1 saturated carbocycles. The minimum atomic E-state index is -0.0579. The first-order valence-electron chi connectivity index (χ1n) is 6.52. The first-order chi connectivity index (χ1) is 8.59. The predicted molar refractivity (Wildman–Crippen MR) is 71.7 cm³/mol. The number of para-hydroxylation sites is 1. The van der Waals surface area contributed by atoms with E-state index in [1.165, 1.54) is 18.9 Å². The molecule has 0 amide bonds. The fourth-order valence-electron chi connectivity index (χ4n) is 2.12. The van der Waals surface area contributed by atoms with Crippen molar-refractivity contribution < 1.29 is 10.2 Å². The van der Waals surface area contributed by atoms with Gasteiger partial charge in [-0.25, -0.2) is 0 Å². The van der Waals surface area contributed by atoms with E-state index in [-0.39, 0.29) is 11.5 Å². The van der Waals surface area contributed by atoms with Crippen LogP contribution in [0.1, 0.15) is 25.3 Å². The van der Waals surface area contributed by atoms with E-state index in [1.54, 1.807) is 6.07 Å². The van der Waals surface area contributed by atoms with Gasteiger partial charge in [0.1, 0.15) is 0 Å². The lowest BCUT2D eigenvalue weighted by Crippen LogP contribution is -2.38. The molecule has 1 unspecified atom stereocenters. The third-order valence-corrected chi connectivity index (χ3v) is 3.67. The molecule has 2 rings (SSSR count). The number of hydrogen-bond acceptors (Lipinski definition) is 4. The van der Waals surface area contributed by atoms with Gasteiger partial charge in [-0.15, -0.1) is 0 Å². The molecular weight excluding hydrogens is 228 g/mol. The number of nitrogens with zero attached hydrogens (tertiary/aromatic N) is 1. The second kappa shape index (κ2) is 5.59. The Kier molecular flexibility index (Phi) is 4.09. The maximum Gasteiger partial charge on any atom is 0.161 e. The van der Waals surface area contributed by atoms with Crippen molar-refractivity contribution in [2.24, 2.45) is 0 Å². The molecule has 0 aromatic heterocycles. The third-order valence-electron chi connectivity index (χ3n) is 3.67. The Morgan fingerprint density at radius 3 is 2.78 bits per heavy atom. The SMILES string of the molecule is CC(CNCc1cccc(O)c1O)N(C)C1CC1. The van der Waals surface area contributed by atoms with Gasteiger partial charge in [0.2, 0.25) is 0 Å². The molecule has 1 aromatic rings. The molecule has 0 bridgehead atoms. The van der Waals surface area contributed by atoms with Gasteiger partial charge in [0, 0.05) is 30.7 Å². The second-order valence-corrected chi connectivity index (χ2v) is 5.16. The fourth-order valence-corrected chi connectivity index (χ4v) is 2.12. The lowest BCUT2D eigenvalue weighted by molar-refractivity contribution is 0.240. The summed E-state index contributed by atoms with van der Waals surface area (Å²) in [6.07, 6.45) is 2.63. The number of phenols is 2. The molecule has 0 radical (unpaired) electrons. The summed E-state index contributed by atoms with van der Waals surface area (Å²) < 4.78 is 0. The topological polar surface area (TPSA) is 55.7 Å². The Morgan fingerprint density at radius 2 is 2.11 bits per heavy atom. The molecule has 0 spiro atoms. The van der Waals surface area contributed by atoms with Crippen LogP contribution < -0.4 is 5.32 Å². The van der Waals surface area contributed by atoms with Crippen LogP contribution in [-0.4, -0.2) is 40.8 Å². The van der Waals surface area contributed by atoms with Crippen molar-refractivity contribution >= 4 is 0 Å². The van der Waals surface area contributed by atoms with Crippen molar-refractivity contribution in [1.82, 2.24) is 10.2 Å². The molecule has 1 aliphatic rings. The quantitative estimate of drug-likeness (QED) is 0.672. The summed E-state index contributed by atoms with van der Waals surface area (Å²) in [5.41, 5.74) is 0.733. The van der Waals surface area contributed by atoms with Crippen molar-refractivity contribution in [2.45, 2.75) is 38.4 Å². The molecule has 1 fully saturated rings. The number of phenolic OH excluding ortho intramolecular Hbond substituents is 2. The van der Waals surface area contributed by atoms with Gasteiger partial charge in [-0.1, -0.05) is 12.1 Å². The minimum absolute atomic E-state index is 0.0202. The van der Waals surface area contributed by atoms with Gasteiger partial charge in [0.15, 0.2) is 11.5 Å². The van der Waals surface area contributed by atoms with Crippen LogP contribution in [0.4, 0.5) is 0 Å². The van der Waals surface area contributed by atoms with Crippen molar-refractivity contribution in [2.75, 3.05) is 13.6 Å². The van der Waals surface area contributed by atoms with Gasteiger partial charge >= 0.3 is 0 Å². The van der Waals surface area contributed by atoms with Gasteiger partial charge in [0.05, 0.1) is 0 Å². The van der Waals surface area contributed by atoms with Crippen LogP contribution in [0.15, 0.2) is 18.2 Å². The Bertz CT molecular complexity index is 405. The highest BCUT2D eigenvalue weighted by Gasteiger charge is 2.28. The molecule has 1 aliphatic carbocycles. The maximum atomic E-state index is 9.67. The largest absolute Gasteiger partial charge is 0.504 e. The van der Waals surface area contributed by atoms with Crippen LogP contribution in [0, 0.1) is 0 Å². The van der Waals surface area contributed by atoms with Crippen LogP contribution in [0.3, 0.4) is 0 Å². The van der Waals surface area contributed by atoms with Crippen molar-refractivity contribution in [3.05, 3.63) is 23.8 Å². The number of likely N-dealkylation sites (N-methyl/N-ethyl adjacent to an activating group) is 1. The van der Waals surface area contributed by atoms with E-state index in [2.05, 4.69) is 24.2 Å². The lowest BCUT2D eigenvalue weighted by atomic mass is 10.2. The van der Waals surface area contributed by atoms with Gasteiger partial charge < -0.3 is 15.5 Å². The normalized spacial score (nSPS) is 17.1. The van der Waals surface area contributed by atoms with Crippen LogP contribution in [0.5, 0.6) is 11.5 Å². The number of benzene rings is 1. The molecule has 0 heterocycles. The Balaban J connectivity index is 1.79. The predicted octanol–water partition coefficient (Wildman–Crippen LogP) is 1.67. The standard InChI is InChI=1S/C14H22N2O2/c1-10(16(2)12-6-7-12)8-15-9-11-4-3-5-13(17)14(11)18/h3-5,10,12,15,17-18H,6-9H2,1-2H3. The molecule has 18 heavy (non-hydrogen) atoms. The van der Waals surface area contributed by atoms with E-state index < -0.39 is 0 Å². The van der Waals surface area contributed by atoms with Crippen LogP contribution >= 0.6 is 0 Å². The third kappa shape index (κ3) is 3.15. The van der Waals surface area contributed by atoms with E-state index in [1.807, 2.05) is 6.07 Å². The fraction of sp³-hybridized carbons (Fsp3) is 0.571. The molecule has 0 aliphatic heterocycles. The molecule has 1 aromatic carbocycles. The molecule has 100 valence electrons. The van der Waals surface area contributed by atoms with E-state index in [9.17, 15) is 10.2 Å². The van der Waals surface area contributed by atoms with Crippen LogP contribution in [0.2, 0.25) is 0 Å². The molecule has 0 saturated heterocycles. The van der Waals surface area contributed by atoms with Crippen molar-refractivity contribution in [3.63, 3.8) is 0 Å². The van der Waals surface area contributed by atoms with Gasteiger partial charge in [0.25, 0.3) is 0 Å². The summed E-state index contributed by atoms with van der Waals surface area (Å²) >= 11 is 0. The summed E-state index contributed by atoms with van der Waals surface area (Å²) in [5, 5.41) is 22.4. The maximum absolute atomic E-state index is 9.67. The van der Waals surface area contributed by atoms with Crippen molar-refractivity contribution in [1.29, 1.82) is 0 Å². The van der Waals surface area contributed by atoms with Gasteiger partial charge in [-0.2, -0.15) is 0 Å². The van der Waals surface area contributed by atoms with E-state index in [0.29, 0.717) is 12.6 Å². The summed E-state index contributed by atoms with van der Waals surface area (Å²) in [4.78, 5) is 2.40. The van der Waals surface area contributed by atoms with Gasteiger partial charge in [-0.05, 0) is 32.9 Å². The Morgan fingerprint density at radius 1 is 1.39 bits per heavy atom. The highest BCUT2D eigenvalue weighted by molar-refractivity contribution is 5.44. The number of hydrogen-bond donors (Lipinski definition) is 3. The zero-order chi connectivity index (χ0) is 13.1. The Labute approximate surface area is 108 Å². The summed E-state index contributed by atoms with van der Waals surface area (Å²) in [6, 6.07) is 6.29. The summed E-state index contributed by atoms with van der Waals surface area (Å²) in [7, 11) is 2.16. The zero-order valence-electron chi connectivity index (χ0n) is 11.1. The molecule has 4 heteroatoms. The smallest absolute Gasteiger partial charge is 0.161 e. The van der Waals surface area contributed by atoms with Crippen LogP contribution in [0.25, 0.3) is 0 Å². The van der Waals surface area contributed by atoms with E-state index in [4.69, 9.17) is 0 Å². The number of aromatic hydroxyl groups is 2.